The minimum absolute atomic E-state index is 0.136. The largest absolute Gasteiger partial charge is 0.309 e. The van der Waals surface area contributed by atoms with Crippen molar-refractivity contribution in [2.24, 2.45) is 0 Å². The molecule has 0 bridgehead atoms. The molecule has 0 aliphatic heterocycles. The molecule has 1 aromatic heterocycles. The molecule has 1 heterocycles. The molecular weight excluding hydrogens is 392 g/mol. The number of rotatable bonds is 3. The summed E-state index contributed by atoms with van der Waals surface area (Å²) in [7, 11) is 1.98. The van der Waals surface area contributed by atoms with E-state index < -0.39 is 0 Å². The topological polar surface area (TPSA) is 24.9 Å². The van der Waals surface area contributed by atoms with E-state index in [1.807, 2.05) is 19.3 Å². The zero-order chi connectivity index (χ0) is 14.8. The lowest BCUT2D eigenvalue weighted by atomic mass is 9.97. The highest BCUT2D eigenvalue weighted by Crippen LogP contribution is 2.31. The Labute approximate surface area is 140 Å². The Balaban J connectivity index is 2.09. The van der Waals surface area contributed by atoms with Crippen LogP contribution in [0, 0.1) is 0 Å². The molecular formula is C17H14Br2N2. The standard InChI is InChI=1S/C17H14Br2N2/c1-20-17(14-6-5-13(18)10-15(14)19)12-4-7-16-11(9-12)3-2-8-21-16/h2-10,17,20H,1H3. The zero-order valence-electron chi connectivity index (χ0n) is 11.5. The predicted octanol–water partition coefficient (Wildman–Crippen LogP) is 5.07. The molecule has 21 heavy (non-hydrogen) atoms. The Hall–Kier alpha value is -1.23. The van der Waals surface area contributed by atoms with Crippen molar-refractivity contribution in [3.8, 4) is 0 Å². The van der Waals surface area contributed by atoms with Gasteiger partial charge in [0.2, 0.25) is 0 Å². The fourth-order valence-corrected chi connectivity index (χ4v) is 3.79. The second-order valence-electron chi connectivity index (χ2n) is 4.84. The van der Waals surface area contributed by atoms with E-state index in [2.05, 4.69) is 84.6 Å². The first kappa shape index (κ1) is 14.7. The van der Waals surface area contributed by atoms with Crippen LogP contribution in [0.2, 0.25) is 0 Å². The Morgan fingerprint density at radius 1 is 1.05 bits per heavy atom. The molecule has 0 aliphatic carbocycles. The molecule has 0 spiro atoms. The van der Waals surface area contributed by atoms with Gasteiger partial charge in [-0.25, -0.2) is 0 Å². The highest BCUT2D eigenvalue weighted by molar-refractivity contribution is 9.11. The van der Waals surface area contributed by atoms with Crippen molar-refractivity contribution in [3.05, 3.63) is 74.8 Å². The molecule has 1 unspecified atom stereocenters. The Morgan fingerprint density at radius 2 is 1.90 bits per heavy atom. The van der Waals surface area contributed by atoms with Gasteiger partial charge in [0.1, 0.15) is 0 Å². The molecule has 3 aromatic rings. The summed E-state index contributed by atoms with van der Waals surface area (Å²) in [6.07, 6.45) is 1.82. The van der Waals surface area contributed by atoms with Gasteiger partial charge >= 0.3 is 0 Å². The first-order chi connectivity index (χ1) is 10.2. The third-order valence-electron chi connectivity index (χ3n) is 3.52. The van der Waals surface area contributed by atoms with Gasteiger partial charge in [0, 0.05) is 20.5 Å². The summed E-state index contributed by atoms with van der Waals surface area (Å²) in [6, 6.07) is 16.9. The molecule has 2 nitrogen and oxygen atoms in total. The lowest BCUT2D eigenvalue weighted by molar-refractivity contribution is 0.689. The van der Waals surface area contributed by atoms with Crippen LogP contribution in [0.25, 0.3) is 10.9 Å². The fourth-order valence-electron chi connectivity index (χ4n) is 2.51. The average Bonchev–Trinajstić information content (AvgIpc) is 2.50. The number of nitrogens with zero attached hydrogens (tertiary/aromatic N) is 1. The molecule has 2 aromatic carbocycles. The molecule has 106 valence electrons. The van der Waals surface area contributed by atoms with Crippen molar-refractivity contribution in [2.45, 2.75) is 6.04 Å². The van der Waals surface area contributed by atoms with Crippen molar-refractivity contribution < 1.29 is 0 Å². The maximum absolute atomic E-state index is 4.37. The minimum atomic E-state index is 0.136. The first-order valence-electron chi connectivity index (χ1n) is 6.66. The van der Waals surface area contributed by atoms with Crippen LogP contribution in [-0.4, -0.2) is 12.0 Å². The molecule has 0 aliphatic rings. The van der Waals surface area contributed by atoms with Crippen molar-refractivity contribution in [1.29, 1.82) is 0 Å². The summed E-state index contributed by atoms with van der Waals surface area (Å²) < 4.78 is 2.15. The van der Waals surface area contributed by atoms with Crippen LogP contribution >= 0.6 is 31.9 Å². The molecule has 0 fully saturated rings. The SMILES string of the molecule is CNC(c1ccc2ncccc2c1)c1ccc(Br)cc1Br. The highest BCUT2D eigenvalue weighted by atomic mass is 79.9. The summed E-state index contributed by atoms with van der Waals surface area (Å²) in [6.45, 7) is 0. The number of fused-ring (bicyclic) bond motifs is 1. The van der Waals surface area contributed by atoms with Crippen LogP contribution in [0.3, 0.4) is 0 Å². The molecule has 0 saturated heterocycles. The molecule has 0 radical (unpaired) electrons. The maximum atomic E-state index is 4.37. The molecule has 4 heteroatoms. The third kappa shape index (κ3) is 3.03. The minimum Gasteiger partial charge on any atom is -0.309 e. The van der Waals surface area contributed by atoms with Gasteiger partial charge in [-0.3, -0.25) is 4.98 Å². The van der Waals surface area contributed by atoms with Gasteiger partial charge in [-0.2, -0.15) is 0 Å². The Kier molecular flexibility index (Phi) is 4.38. The van der Waals surface area contributed by atoms with E-state index >= 15 is 0 Å². The van der Waals surface area contributed by atoms with Crippen LogP contribution < -0.4 is 5.32 Å². The quantitative estimate of drug-likeness (QED) is 0.657. The summed E-state index contributed by atoms with van der Waals surface area (Å²) in [5, 5.41) is 4.55. The van der Waals surface area contributed by atoms with E-state index in [0.29, 0.717) is 0 Å². The van der Waals surface area contributed by atoms with Gasteiger partial charge in [0.05, 0.1) is 11.6 Å². The predicted molar refractivity (Wildman–Crippen MR) is 94.5 cm³/mol. The first-order valence-corrected chi connectivity index (χ1v) is 8.24. The average molecular weight is 406 g/mol. The fraction of sp³-hybridized carbons (Fsp3) is 0.118. The molecule has 0 amide bonds. The van der Waals surface area contributed by atoms with Crippen LogP contribution in [0.4, 0.5) is 0 Å². The molecule has 3 rings (SSSR count). The van der Waals surface area contributed by atoms with Gasteiger partial charge < -0.3 is 5.32 Å². The van der Waals surface area contributed by atoms with Gasteiger partial charge in [0.25, 0.3) is 0 Å². The number of nitrogens with one attached hydrogen (secondary N) is 1. The Bertz CT molecular complexity index is 787. The molecule has 1 atom stereocenters. The van der Waals surface area contributed by atoms with E-state index in [1.54, 1.807) is 0 Å². The van der Waals surface area contributed by atoms with Crippen LogP contribution in [0.15, 0.2) is 63.7 Å². The van der Waals surface area contributed by atoms with E-state index in [1.165, 1.54) is 11.1 Å². The number of aromatic nitrogens is 1. The lowest BCUT2D eigenvalue weighted by Gasteiger charge is -2.19. The van der Waals surface area contributed by atoms with Crippen molar-refractivity contribution in [2.75, 3.05) is 7.05 Å². The Morgan fingerprint density at radius 3 is 2.67 bits per heavy atom. The van der Waals surface area contributed by atoms with Crippen molar-refractivity contribution in [3.63, 3.8) is 0 Å². The maximum Gasteiger partial charge on any atom is 0.0702 e. The van der Waals surface area contributed by atoms with E-state index in [0.717, 1.165) is 19.8 Å². The van der Waals surface area contributed by atoms with Gasteiger partial charge in [-0.1, -0.05) is 50.1 Å². The van der Waals surface area contributed by atoms with E-state index in [-0.39, 0.29) is 6.04 Å². The van der Waals surface area contributed by atoms with Gasteiger partial charge in [0.15, 0.2) is 0 Å². The monoisotopic (exact) mass is 404 g/mol. The number of hydrogen-bond donors (Lipinski definition) is 1. The number of pyridine rings is 1. The molecule has 1 N–H and O–H groups in total. The lowest BCUT2D eigenvalue weighted by Crippen LogP contribution is -2.18. The highest BCUT2D eigenvalue weighted by Gasteiger charge is 2.15. The number of hydrogen-bond acceptors (Lipinski definition) is 2. The smallest absolute Gasteiger partial charge is 0.0702 e. The third-order valence-corrected chi connectivity index (χ3v) is 4.70. The van der Waals surface area contributed by atoms with Crippen LogP contribution in [-0.2, 0) is 0 Å². The van der Waals surface area contributed by atoms with Crippen LogP contribution in [0.5, 0.6) is 0 Å². The number of halogens is 2. The van der Waals surface area contributed by atoms with Crippen molar-refractivity contribution >= 4 is 42.8 Å². The van der Waals surface area contributed by atoms with Gasteiger partial charge in [-0.05, 0) is 48.5 Å². The second kappa shape index (κ2) is 6.26. The van der Waals surface area contributed by atoms with E-state index in [4.69, 9.17) is 0 Å². The summed E-state index contributed by atoms with van der Waals surface area (Å²) in [4.78, 5) is 4.37. The number of benzene rings is 2. The summed E-state index contributed by atoms with van der Waals surface area (Å²) >= 11 is 7.15. The summed E-state index contributed by atoms with van der Waals surface area (Å²) in [5.74, 6) is 0. The zero-order valence-corrected chi connectivity index (χ0v) is 14.6. The van der Waals surface area contributed by atoms with Gasteiger partial charge in [-0.15, -0.1) is 0 Å². The van der Waals surface area contributed by atoms with Crippen LogP contribution in [0.1, 0.15) is 17.2 Å². The van der Waals surface area contributed by atoms with E-state index in [9.17, 15) is 0 Å². The second-order valence-corrected chi connectivity index (χ2v) is 6.61. The molecule has 0 saturated carbocycles. The summed E-state index contributed by atoms with van der Waals surface area (Å²) in [5.41, 5.74) is 3.45. The van der Waals surface area contributed by atoms with Crippen molar-refractivity contribution in [1.82, 2.24) is 10.3 Å². The normalized spacial score (nSPS) is 12.5.